The Balaban J connectivity index is 1.58. The predicted molar refractivity (Wildman–Crippen MR) is 112 cm³/mol. The van der Waals surface area contributed by atoms with Crippen LogP contribution in [0.2, 0.25) is 0 Å². The highest BCUT2D eigenvalue weighted by molar-refractivity contribution is 5.92. The van der Waals surface area contributed by atoms with Crippen molar-refractivity contribution >= 4 is 17.6 Å². The summed E-state index contributed by atoms with van der Waals surface area (Å²) in [6.45, 7) is 3.01. The summed E-state index contributed by atoms with van der Waals surface area (Å²) in [5, 5.41) is 2.87. The third kappa shape index (κ3) is 5.07. The molecule has 0 aliphatic heterocycles. The minimum atomic E-state index is -0.186. The molecule has 0 spiro atoms. The molecule has 0 atom stereocenters. The van der Waals surface area contributed by atoms with Crippen LogP contribution >= 0.6 is 0 Å². The van der Waals surface area contributed by atoms with Gasteiger partial charge in [-0.15, -0.1) is 0 Å². The lowest BCUT2D eigenvalue weighted by Gasteiger charge is -2.07. The SMILES string of the molecule is CCOc1cccn2cc(CCNC(=O)/C=C/c3cc(OC)ccc3OC)nc12. The van der Waals surface area contributed by atoms with Crippen molar-refractivity contribution < 1.29 is 19.0 Å². The van der Waals surface area contributed by atoms with Crippen molar-refractivity contribution in [1.82, 2.24) is 14.7 Å². The summed E-state index contributed by atoms with van der Waals surface area (Å²) in [7, 11) is 3.18. The van der Waals surface area contributed by atoms with Gasteiger partial charge in [0.2, 0.25) is 5.91 Å². The van der Waals surface area contributed by atoms with Crippen molar-refractivity contribution in [3.63, 3.8) is 0 Å². The zero-order valence-corrected chi connectivity index (χ0v) is 16.8. The van der Waals surface area contributed by atoms with Crippen LogP contribution in [0.3, 0.4) is 0 Å². The van der Waals surface area contributed by atoms with Crippen LogP contribution in [0, 0.1) is 0 Å². The van der Waals surface area contributed by atoms with E-state index in [0.717, 1.165) is 22.7 Å². The molecule has 29 heavy (non-hydrogen) atoms. The van der Waals surface area contributed by atoms with Gasteiger partial charge in [0, 0.05) is 37.0 Å². The molecule has 3 rings (SSSR count). The Kier molecular flexibility index (Phi) is 6.73. The van der Waals surface area contributed by atoms with Crippen molar-refractivity contribution in [3.8, 4) is 17.2 Å². The van der Waals surface area contributed by atoms with Crippen LogP contribution in [0.1, 0.15) is 18.2 Å². The van der Waals surface area contributed by atoms with Gasteiger partial charge < -0.3 is 23.9 Å². The molecular weight excluding hydrogens is 370 g/mol. The first kappa shape index (κ1) is 20.3. The third-order valence-electron chi connectivity index (χ3n) is 4.33. The third-order valence-corrected chi connectivity index (χ3v) is 4.33. The van der Waals surface area contributed by atoms with Crippen LogP contribution in [0.25, 0.3) is 11.7 Å². The molecule has 1 N–H and O–H groups in total. The topological polar surface area (TPSA) is 74.1 Å². The molecular formula is C22H25N3O4. The van der Waals surface area contributed by atoms with Gasteiger partial charge in [-0.05, 0) is 43.3 Å². The molecule has 152 valence electrons. The molecule has 2 heterocycles. The summed E-state index contributed by atoms with van der Waals surface area (Å²) in [4.78, 5) is 16.8. The maximum atomic E-state index is 12.2. The molecule has 0 unspecified atom stereocenters. The first-order valence-corrected chi connectivity index (χ1v) is 9.42. The normalized spacial score (nSPS) is 11.0. The van der Waals surface area contributed by atoms with Crippen molar-refractivity contribution in [2.75, 3.05) is 27.4 Å². The van der Waals surface area contributed by atoms with Gasteiger partial charge in [-0.1, -0.05) is 0 Å². The number of imidazole rings is 1. The molecule has 7 nitrogen and oxygen atoms in total. The number of aromatic nitrogens is 2. The standard InChI is InChI=1S/C22H25N3O4/c1-4-29-20-6-5-13-25-15-17(24-22(20)25)11-12-23-21(26)10-7-16-14-18(27-2)8-9-19(16)28-3/h5-10,13-15H,4,11-12H2,1-3H3,(H,23,26)/b10-7+. The minimum absolute atomic E-state index is 0.186. The molecule has 2 aromatic heterocycles. The summed E-state index contributed by atoms with van der Waals surface area (Å²) < 4.78 is 18.1. The Bertz CT molecular complexity index is 1010. The maximum Gasteiger partial charge on any atom is 0.244 e. The van der Waals surface area contributed by atoms with E-state index in [0.29, 0.717) is 31.1 Å². The summed E-state index contributed by atoms with van der Waals surface area (Å²) in [6, 6.07) is 9.24. The second kappa shape index (κ2) is 9.64. The lowest BCUT2D eigenvalue weighted by molar-refractivity contribution is -0.116. The Hall–Kier alpha value is -3.48. The number of pyridine rings is 1. The molecule has 0 saturated carbocycles. The highest BCUT2D eigenvalue weighted by atomic mass is 16.5. The number of carbonyl (C=O) groups is 1. The number of hydrogen-bond donors (Lipinski definition) is 1. The molecule has 0 radical (unpaired) electrons. The van der Waals surface area contributed by atoms with Crippen LogP contribution in [-0.4, -0.2) is 42.7 Å². The van der Waals surface area contributed by atoms with Gasteiger partial charge in [0.15, 0.2) is 11.4 Å². The van der Waals surface area contributed by atoms with Gasteiger partial charge in [-0.3, -0.25) is 4.79 Å². The summed E-state index contributed by atoms with van der Waals surface area (Å²) in [6.07, 6.45) is 7.68. The Morgan fingerprint density at radius 2 is 2.07 bits per heavy atom. The molecule has 0 aliphatic carbocycles. The van der Waals surface area contributed by atoms with Gasteiger partial charge in [0.05, 0.1) is 26.5 Å². The van der Waals surface area contributed by atoms with Gasteiger partial charge >= 0.3 is 0 Å². The number of nitrogens with one attached hydrogen (secondary N) is 1. The number of amides is 1. The van der Waals surface area contributed by atoms with Crippen molar-refractivity contribution in [3.05, 3.63) is 60.1 Å². The summed E-state index contributed by atoms with van der Waals surface area (Å²) in [5.74, 6) is 1.93. The van der Waals surface area contributed by atoms with E-state index in [-0.39, 0.29) is 5.91 Å². The highest BCUT2D eigenvalue weighted by Crippen LogP contribution is 2.25. The average molecular weight is 395 g/mol. The van der Waals surface area contributed by atoms with Crippen molar-refractivity contribution in [1.29, 1.82) is 0 Å². The maximum absolute atomic E-state index is 12.2. The number of benzene rings is 1. The number of methoxy groups -OCH3 is 2. The molecule has 7 heteroatoms. The van der Waals surface area contributed by atoms with E-state index in [4.69, 9.17) is 14.2 Å². The van der Waals surface area contributed by atoms with E-state index >= 15 is 0 Å². The van der Waals surface area contributed by atoms with E-state index < -0.39 is 0 Å². The summed E-state index contributed by atoms with van der Waals surface area (Å²) in [5.41, 5.74) is 2.43. The van der Waals surface area contributed by atoms with Gasteiger partial charge in [-0.25, -0.2) is 4.98 Å². The second-order valence-corrected chi connectivity index (χ2v) is 6.25. The van der Waals surface area contributed by atoms with Gasteiger partial charge in [0.1, 0.15) is 11.5 Å². The van der Waals surface area contributed by atoms with Gasteiger partial charge in [0.25, 0.3) is 0 Å². The Morgan fingerprint density at radius 1 is 1.21 bits per heavy atom. The van der Waals surface area contributed by atoms with Crippen molar-refractivity contribution in [2.24, 2.45) is 0 Å². The first-order valence-electron chi connectivity index (χ1n) is 9.42. The quantitative estimate of drug-likeness (QED) is 0.564. The van der Waals surface area contributed by atoms with Crippen LogP contribution in [0.5, 0.6) is 17.2 Å². The number of ether oxygens (including phenoxy) is 3. The van der Waals surface area contributed by atoms with Crippen molar-refractivity contribution in [2.45, 2.75) is 13.3 Å². The lowest BCUT2D eigenvalue weighted by Crippen LogP contribution is -2.23. The zero-order chi connectivity index (χ0) is 20.6. The lowest BCUT2D eigenvalue weighted by atomic mass is 10.1. The Morgan fingerprint density at radius 3 is 2.83 bits per heavy atom. The van der Waals surface area contributed by atoms with Crippen LogP contribution in [-0.2, 0) is 11.2 Å². The monoisotopic (exact) mass is 395 g/mol. The average Bonchev–Trinajstić information content (AvgIpc) is 3.16. The first-order chi connectivity index (χ1) is 14.1. The minimum Gasteiger partial charge on any atom is -0.497 e. The zero-order valence-electron chi connectivity index (χ0n) is 16.8. The van der Waals surface area contributed by atoms with E-state index in [1.54, 1.807) is 26.4 Å². The molecule has 0 fully saturated rings. The number of hydrogen-bond acceptors (Lipinski definition) is 5. The van der Waals surface area contributed by atoms with Crippen LogP contribution in [0.15, 0.2) is 48.8 Å². The molecule has 3 aromatic rings. The second-order valence-electron chi connectivity index (χ2n) is 6.25. The fraction of sp³-hybridized carbons (Fsp3) is 0.273. The van der Waals surface area contributed by atoms with E-state index in [9.17, 15) is 4.79 Å². The fourth-order valence-corrected chi connectivity index (χ4v) is 2.93. The van der Waals surface area contributed by atoms with Gasteiger partial charge in [-0.2, -0.15) is 0 Å². The predicted octanol–water partition coefficient (Wildman–Crippen LogP) is 3.12. The Labute approximate surface area is 169 Å². The van der Waals surface area contributed by atoms with Crippen LogP contribution in [0.4, 0.5) is 0 Å². The number of fused-ring (bicyclic) bond motifs is 1. The molecule has 0 aliphatic rings. The summed E-state index contributed by atoms with van der Waals surface area (Å²) >= 11 is 0. The number of carbonyl (C=O) groups excluding carboxylic acids is 1. The fourth-order valence-electron chi connectivity index (χ4n) is 2.93. The van der Waals surface area contributed by atoms with E-state index in [2.05, 4.69) is 10.3 Å². The molecule has 0 bridgehead atoms. The smallest absolute Gasteiger partial charge is 0.244 e. The highest BCUT2D eigenvalue weighted by Gasteiger charge is 2.07. The van der Waals surface area contributed by atoms with Crippen LogP contribution < -0.4 is 19.5 Å². The van der Waals surface area contributed by atoms with E-state index in [1.807, 2.05) is 48.0 Å². The largest absolute Gasteiger partial charge is 0.497 e. The molecule has 1 amide bonds. The van der Waals surface area contributed by atoms with E-state index in [1.165, 1.54) is 6.08 Å². The number of rotatable bonds is 9. The molecule has 0 saturated heterocycles. The molecule has 1 aromatic carbocycles. The number of nitrogens with zero attached hydrogens (tertiary/aromatic N) is 2.